The molecule has 2 rings (SSSR count). The molecule has 0 saturated heterocycles. The van der Waals surface area contributed by atoms with E-state index in [1.165, 1.54) is 0 Å². The van der Waals surface area contributed by atoms with Crippen LogP contribution >= 0.6 is 15.9 Å². The number of hydrogen-bond donors (Lipinski definition) is 0. The van der Waals surface area contributed by atoms with Gasteiger partial charge in [0.05, 0.1) is 6.07 Å². The second-order valence-electron chi connectivity index (χ2n) is 5.02. The summed E-state index contributed by atoms with van der Waals surface area (Å²) in [5.74, 6) is 1.00. The zero-order valence-corrected chi connectivity index (χ0v) is 13.0. The molecule has 20 heavy (non-hydrogen) atoms. The number of aromatic nitrogens is 3. The molecule has 0 bridgehead atoms. The third-order valence-corrected chi connectivity index (χ3v) is 4.02. The van der Waals surface area contributed by atoms with Crippen LogP contribution in [0.2, 0.25) is 0 Å². The highest BCUT2D eigenvalue weighted by Crippen LogP contribution is 2.30. The van der Waals surface area contributed by atoms with Crippen molar-refractivity contribution in [3.05, 3.63) is 28.7 Å². The van der Waals surface area contributed by atoms with Gasteiger partial charge in [-0.3, -0.25) is 4.98 Å². The average molecular weight is 335 g/mol. The molecule has 0 radical (unpaired) electrons. The van der Waals surface area contributed by atoms with E-state index in [-0.39, 0.29) is 5.41 Å². The molecule has 1 unspecified atom stereocenters. The lowest BCUT2D eigenvalue weighted by atomic mass is 9.81. The van der Waals surface area contributed by atoms with E-state index in [0.29, 0.717) is 30.3 Å². The summed E-state index contributed by atoms with van der Waals surface area (Å²) in [5.41, 5.74) is 0.515. The Kier molecular flexibility index (Phi) is 4.50. The topological polar surface area (TPSA) is 75.6 Å². The average Bonchev–Trinajstić information content (AvgIpc) is 2.87. The molecular formula is C14H15BrN4O. The van der Waals surface area contributed by atoms with Gasteiger partial charge in [-0.2, -0.15) is 10.2 Å². The van der Waals surface area contributed by atoms with Crippen molar-refractivity contribution in [3.8, 4) is 17.6 Å². The SMILES string of the molecule is CCC(C)(CC#N)Cc1nc(-c2ncccc2Br)no1. The van der Waals surface area contributed by atoms with Gasteiger partial charge in [0, 0.05) is 23.5 Å². The maximum absolute atomic E-state index is 8.90. The van der Waals surface area contributed by atoms with Crippen molar-refractivity contribution in [1.82, 2.24) is 15.1 Å². The largest absolute Gasteiger partial charge is 0.339 e. The Labute approximate surface area is 126 Å². The molecule has 0 amide bonds. The normalized spacial score (nSPS) is 13.7. The van der Waals surface area contributed by atoms with Gasteiger partial charge in [-0.05, 0) is 39.9 Å². The van der Waals surface area contributed by atoms with Crippen molar-refractivity contribution in [2.75, 3.05) is 0 Å². The molecule has 0 aliphatic carbocycles. The summed E-state index contributed by atoms with van der Waals surface area (Å²) in [6.45, 7) is 4.11. The van der Waals surface area contributed by atoms with E-state index in [0.717, 1.165) is 10.9 Å². The van der Waals surface area contributed by atoms with Crippen molar-refractivity contribution >= 4 is 15.9 Å². The summed E-state index contributed by atoms with van der Waals surface area (Å²) in [6, 6.07) is 5.93. The van der Waals surface area contributed by atoms with E-state index in [1.54, 1.807) is 6.20 Å². The van der Waals surface area contributed by atoms with E-state index in [9.17, 15) is 0 Å². The molecule has 0 spiro atoms. The Morgan fingerprint density at radius 1 is 1.50 bits per heavy atom. The van der Waals surface area contributed by atoms with Gasteiger partial charge in [0.25, 0.3) is 0 Å². The van der Waals surface area contributed by atoms with Gasteiger partial charge in [-0.1, -0.05) is 19.0 Å². The Morgan fingerprint density at radius 3 is 2.95 bits per heavy atom. The fraction of sp³-hybridized carbons (Fsp3) is 0.429. The van der Waals surface area contributed by atoms with Crippen molar-refractivity contribution in [2.24, 2.45) is 5.41 Å². The summed E-state index contributed by atoms with van der Waals surface area (Å²) in [7, 11) is 0. The van der Waals surface area contributed by atoms with Gasteiger partial charge >= 0.3 is 0 Å². The molecule has 0 aromatic carbocycles. The van der Waals surface area contributed by atoms with Gasteiger partial charge in [-0.25, -0.2) is 0 Å². The second-order valence-corrected chi connectivity index (χ2v) is 5.88. The van der Waals surface area contributed by atoms with Crippen LogP contribution in [-0.2, 0) is 6.42 Å². The van der Waals surface area contributed by atoms with Crippen molar-refractivity contribution in [3.63, 3.8) is 0 Å². The lowest BCUT2D eigenvalue weighted by Gasteiger charge is -2.22. The maximum Gasteiger partial charge on any atom is 0.227 e. The summed E-state index contributed by atoms with van der Waals surface area (Å²) < 4.78 is 6.11. The zero-order chi connectivity index (χ0) is 14.6. The molecule has 2 heterocycles. The lowest BCUT2D eigenvalue weighted by Crippen LogP contribution is -2.18. The van der Waals surface area contributed by atoms with Crippen LogP contribution in [0.25, 0.3) is 11.5 Å². The molecule has 6 heteroatoms. The summed E-state index contributed by atoms with van der Waals surface area (Å²) in [5, 5.41) is 12.9. The minimum absolute atomic E-state index is 0.139. The minimum Gasteiger partial charge on any atom is -0.339 e. The van der Waals surface area contributed by atoms with E-state index < -0.39 is 0 Å². The van der Waals surface area contributed by atoms with Crippen molar-refractivity contribution < 1.29 is 4.52 Å². The Balaban J connectivity index is 2.22. The number of nitriles is 1. The van der Waals surface area contributed by atoms with E-state index in [4.69, 9.17) is 9.78 Å². The molecule has 5 nitrogen and oxygen atoms in total. The van der Waals surface area contributed by atoms with Crippen molar-refractivity contribution in [2.45, 2.75) is 33.1 Å². The monoisotopic (exact) mass is 334 g/mol. The number of nitrogens with zero attached hydrogens (tertiary/aromatic N) is 4. The number of rotatable bonds is 5. The minimum atomic E-state index is -0.139. The third kappa shape index (κ3) is 3.23. The van der Waals surface area contributed by atoms with Crippen LogP contribution < -0.4 is 0 Å². The molecule has 0 aliphatic rings. The molecule has 0 aliphatic heterocycles. The fourth-order valence-corrected chi connectivity index (χ4v) is 2.27. The highest BCUT2D eigenvalue weighted by atomic mass is 79.9. The van der Waals surface area contributed by atoms with Crippen LogP contribution in [0.15, 0.2) is 27.3 Å². The maximum atomic E-state index is 8.90. The van der Waals surface area contributed by atoms with Crippen LogP contribution in [0.1, 0.15) is 32.6 Å². The second kappa shape index (κ2) is 6.14. The van der Waals surface area contributed by atoms with Crippen LogP contribution in [0, 0.1) is 16.7 Å². The molecule has 2 aromatic rings. The van der Waals surface area contributed by atoms with Gasteiger partial charge < -0.3 is 4.52 Å². The first-order valence-corrected chi connectivity index (χ1v) is 7.18. The fourth-order valence-electron chi connectivity index (χ4n) is 1.84. The number of hydrogen-bond acceptors (Lipinski definition) is 5. The molecule has 0 saturated carbocycles. The molecular weight excluding hydrogens is 320 g/mol. The quantitative estimate of drug-likeness (QED) is 0.831. The highest BCUT2D eigenvalue weighted by Gasteiger charge is 2.26. The first kappa shape index (κ1) is 14.7. The van der Waals surface area contributed by atoms with Crippen LogP contribution in [0.4, 0.5) is 0 Å². The van der Waals surface area contributed by atoms with E-state index in [2.05, 4.69) is 51.0 Å². The third-order valence-electron chi connectivity index (χ3n) is 3.38. The first-order valence-electron chi connectivity index (χ1n) is 6.38. The van der Waals surface area contributed by atoms with Gasteiger partial charge in [0.1, 0.15) is 5.69 Å². The summed E-state index contributed by atoms with van der Waals surface area (Å²) in [4.78, 5) is 8.61. The zero-order valence-electron chi connectivity index (χ0n) is 11.4. The number of pyridine rings is 1. The molecule has 0 fully saturated rings. The van der Waals surface area contributed by atoms with Gasteiger partial charge in [-0.15, -0.1) is 0 Å². The van der Waals surface area contributed by atoms with Gasteiger partial charge in [0.15, 0.2) is 0 Å². The van der Waals surface area contributed by atoms with E-state index >= 15 is 0 Å². The predicted molar refractivity (Wildman–Crippen MR) is 77.6 cm³/mol. The molecule has 0 N–H and O–H groups in total. The standard InChI is InChI=1S/C14H15BrN4O/c1-3-14(2,6-7-16)9-11-18-13(19-20-11)12-10(15)5-4-8-17-12/h4-5,8H,3,6,9H2,1-2H3. The first-order chi connectivity index (χ1) is 9.58. The van der Waals surface area contributed by atoms with Crippen molar-refractivity contribution in [1.29, 1.82) is 5.26 Å². The lowest BCUT2D eigenvalue weighted by molar-refractivity contribution is 0.266. The number of halogens is 1. The van der Waals surface area contributed by atoms with Gasteiger partial charge in [0.2, 0.25) is 11.7 Å². The Morgan fingerprint density at radius 2 is 2.30 bits per heavy atom. The molecule has 1 atom stereocenters. The smallest absolute Gasteiger partial charge is 0.227 e. The van der Waals surface area contributed by atoms with Crippen LogP contribution in [-0.4, -0.2) is 15.1 Å². The van der Waals surface area contributed by atoms with Crippen LogP contribution in [0.3, 0.4) is 0 Å². The summed E-state index contributed by atoms with van der Waals surface area (Å²) in [6.07, 6.45) is 3.62. The summed E-state index contributed by atoms with van der Waals surface area (Å²) >= 11 is 3.41. The van der Waals surface area contributed by atoms with E-state index in [1.807, 2.05) is 12.1 Å². The molecule has 2 aromatic heterocycles. The van der Waals surface area contributed by atoms with Crippen LogP contribution in [0.5, 0.6) is 0 Å². The highest BCUT2D eigenvalue weighted by molar-refractivity contribution is 9.10. The Bertz CT molecular complexity index is 634. The predicted octanol–water partition coefficient (Wildman–Crippen LogP) is 3.77. The Hall–Kier alpha value is -1.74. The molecule has 104 valence electrons.